The average molecular weight is 360 g/mol. The molecule has 1 saturated carbocycles. The molecule has 2 aromatic heterocycles. The highest BCUT2D eigenvalue weighted by Crippen LogP contribution is 2.47. The molecule has 2 heterocycles. The number of benzene rings is 1. The summed E-state index contributed by atoms with van der Waals surface area (Å²) in [5.41, 5.74) is 0.795. The predicted molar refractivity (Wildman–Crippen MR) is 95.7 cm³/mol. The molecule has 4 nitrogen and oxygen atoms in total. The molecule has 1 aliphatic carbocycles. The summed E-state index contributed by atoms with van der Waals surface area (Å²) >= 11 is 8.01. The number of aliphatic hydroxyl groups is 1. The first-order valence-corrected chi connectivity index (χ1v) is 9.27. The summed E-state index contributed by atoms with van der Waals surface area (Å²) < 4.78 is 1.92. The smallest absolute Gasteiger partial charge is 0.156 e. The molecular formula is C18H18ClN3OS. The lowest BCUT2D eigenvalue weighted by molar-refractivity contribution is 0.246. The Morgan fingerprint density at radius 2 is 2.04 bits per heavy atom. The third kappa shape index (κ3) is 2.99. The van der Waals surface area contributed by atoms with Crippen LogP contribution in [0, 0.1) is 0 Å². The second kappa shape index (κ2) is 6.31. The third-order valence-corrected chi connectivity index (χ3v) is 5.78. The minimum Gasteiger partial charge on any atom is -0.395 e. The lowest BCUT2D eigenvalue weighted by atomic mass is 10.1. The van der Waals surface area contributed by atoms with E-state index in [1.165, 1.54) is 4.88 Å². The van der Waals surface area contributed by atoms with Crippen molar-refractivity contribution in [1.82, 2.24) is 14.8 Å². The van der Waals surface area contributed by atoms with E-state index in [9.17, 15) is 5.11 Å². The molecule has 0 radical (unpaired) electrons. The fraction of sp³-hybridized carbons (Fsp3) is 0.333. The van der Waals surface area contributed by atoms with Crippen molar-refractivity contribution in [3.05, 3.63) is 68.9 Å². The maximum atomic E-state index is 9.82. The summed E-state index contributed by atoms with van der Waals surface area (Å²) in [6, 6.07) is 11.9. The molecule has 3 aromatic rings. The molecule has 24 heavy (non-hydrogen) atoms. The monoisotopic (exact) mass is 359 g/mol. The molecule has 0 unspecified atom stereocenters. The van der Waals surface area contributed by atoms with Crippen molar-refractivity contribution >= 4 is 22.9 Å². The summed E-state index contributed by atoms with van der Waals surface area (Å²) in [7, 11) is 0. The Morgan fingerprint density at radius 1 is 1.21 bits per heavy atom. The van der Waals surface area contributed by atoms with Gasteiger partial charge in [0.05, 0.1) is 18.6 Å². The van der Waals surface area contributed by atoms with Gasteiger partial charge in [-0.15, -0.1) is 11.3 Å². The molecule has 0 atom stereocenters. The van der Waals surface area contributed by atoms with Crippen LogP contribution in [0.15, 0.2) is 41.8 Å². The van der Waals surface area contributed by atoms with Crippen LogP contribution >= 0.6 is 22.9 Å². The van der Waals surface area contributed by atoms with Crippen molar-refractivity contribution in [2.45, 2.75) is 31.2 Å². The van der Waals surface area contributed by atoms with Crippen LogP contribution in [-0.4, -0.2) is 26.5 Å². The number of hydrogen-bond donors (Lipinski definition) is 1. The van der Waals surface area contributed by atoms with E-state index in [4.69, 9.17) is 21.7 Å². The molecule has 1 aromatic carbocycles. The van der Waals surface area contributed by atoms with E-state index < -0.39 is 0 Å². The van der Waals surface area contributed by atoms with Gasteiger partial charge in [0.15, 0.2) is 5.82 Å². The number of halogens is 1. The maximum Gasteiger partial charge on any atom is 0.156 e. The van der Waals surface area contributed by atoms with E-state index in [1.807, 2.05) is 35.0 Å². The zero-order valence-electron chi connectivity index (χ0n) is 13.2. The maximum absolute atomic E-state index is 9.82. The number of hydrogen-bond acceptors (Lipinski definition) is 4. The van der Waals surface area contributed by atoms with Gasteiger partial charge in [0.1, 0.15) is 5.82 Å². The van der Waals surface area contributed by atoms with Crippen LogP contribution in [0.1, 0.15) is 34.9 Å². The Bertz CT molecular complexity index is 840. The number of aliphatic hydroxyl groups excluding tert-OH is 1. The molecule has 4 rings (SSSR count). The van der Waals surface area contributed by atoms with Crippen molar-refractivity contribution in [2.24, 2.45) is 0 Å². The number of aromatic nitrogens is 3. The third-order valence-electron chi connectivity index (χ3n) is 4.54. The average Bonchev–Trinajstić information content (AvgIpc) is 3.01. The number of rotatable bonds is 6. The summed E-state index contributed by atoms with van der Waals surface area (Å²) in [6.45, 7) is 0.695. The van der Waals surface area contributed by atoms with Gasteiger partial charge >= 0.3 is 0 Å². The van der Waals surface area contributed by atoms with Crippen molar-refractivity contribution in [3.8, 4) is 0 Å². The lowest BCUT2D eigenvalue weighted by Gasteiger charge is -2.13. The molecule has 1 N–H and O–H groups in total. The standard InChI is InChI=1S/C18H18ClN3OS/c19-15-6-2-1-4-13(15)11-22-17(18(12-23)7-8-18)20-16(21-22)10-14-5-3-9-24-14/h1-6,9,23H,7-8,10-12H2. The van der Waals surface area contributed by atoms with Crippen LogP contribution in [0.25, 0.3) is 0 Å². The van der Waals surface area contributed by atoms with Crippen LogP contribution < -0.4 is 0 Å². The highest BCUT2D eigenvalue weighted by molar-refractivity contribution is 7.09. The van der Waals surface area contributed by atoms with E-state index in [-0.39, 0.29) is 12.0 Å². The minimum absolute atomic E-state index is 0.118. The topological polar surface area (TPSA) is 50.9 Å². The Kier molecular flexibility index (Phi) is 4.16. The molecule has 124 valence electrons. The normalized spacial score (nSPS) is 15.6. The Labute approximate surface area is 149 Å². The van der Waals surface area contributed by atoms with Crippen LogP contribution in [0.2, 0.25) is 5.02 Å². The first kappa shape index (κ1) is 15.8. The molecule has 0 bridgehead atoms. The van der Waals surface area contributed by atoms with Gasteiger partial charge in [-0.3, -0.25) is 0 Å². The zero-order chi connectivity index (χ0) is 16.6. The Balaban J connectivity index is 1.68. The van der Waals surface area contributed by atoms with Gasteiger partial charge in [0.25, 0.3) is 0 Å². The fourth-order valence-electron chi connectivity index (χ4n) is 2.93. The molecule has 0 spiro atoms. The van der Waals surface area contributed by atoms with E-state index >= 15 is 0 Å². The van der Waals surface area contributed by atoms with Gasteiger partial charge < -0.3 is 5.11 Å². The Hall–Kier alpha value is -1.69. The van der Waals surface area contributed by atoms with E-state index in [0.717, 1.165) is 41.5 Å². The fourth-order valence-corrected chi connectivity index (χ4v) is 3.82. The van der Waals surface area contributed by atoms with E-state index in [0.29, 0.717) is 6.54 Å². The van der Waals surface area contributed by atoms with Gasteiger partial charge in [-0.05, 0) is 35.9 Å². The molecule has 1 fully saturated rings. The van der Waals surface area contributed by atoms with Crippen LogP contribution in [0.5, 0.6) is 0 Å². The van der Waals surface area contributed by atoms with E-state index in [1.54, 1.807) is 11.3 Å². The highest BCUT2D eigenvalue weighted by atomic mass is 35.5. The van der Waals surface area contributed by atoms with Gasteiger partial charge in [0, 0.05) is 16.3 Å². The van der Waals surface area contributed by atoms with Gasteiger partial charge in [-0.1, -0.05) is 35.9 Å². The molecule has 6 heteroatoms. The second-order valence-corrected chi connectivity index (χ2v) is 7.73. The van der Waals surface area contributed by atoms with Gasteiger partial charge in [-0.2, -0.15) is 5.10 Å². The first-order chi connectivity index (χ1) is 11.7. The Morgan fingerprint density at radius 3 is 2.71 bits per heavy atom. The molecule has 0 amide bonds. The van der Waals surface area contributed by atoms with Gasteiger partial charge in [0.2, 0.25) is 0 Å². The van der Waals surface area contributed by atoms with Crippen molar-refractivity contribution < 1.29 is 5.11 Å². The van der Waals surface area contributed by atoms with Crippen molar-refractivity contribution in [3.63, 3.8) is 0 Å². The number of nitrogens with zero attached hydrogens (tertiary/aromatic N) is 3. The van der Waals surface area contributed by atoms with Crippen molar-refractivity contribution in [2.75, 3.05) is 6.61 Å². The predicted octanol–water partition coefficient (Wildman–Crippen LogP) is 3.66. The summed E-state index contributed by atoms with van der Waals surface area (Å²) in [5.74, 6) is 1.69. The quantitative estimate of drug-likeness (QED) is 0.730. The molecular weight excluding hydrogens is 342 g/mol. The highest BCUT2D eigenvalue weighted by Gasteiger charge is 2.48. The van der Waals surface area contributed by atoms with Crippen LogP contribution in [-0.2, 0) is 18.4 Å². The van der Waals surface area contributed by atoms with Crippen LogP contribution in [0.4, 0.5) is 0 Å². The largest absolute Gasteiger partial charge is 0.395 e. The first-order valence-electron chi connectivity index (χ1n) is 8.01. The summed E-state index contributed by atoms with van der Waals surface area (Å²) in [5, 5.41) is 17.3. The molecule has 0 saturated heterocycles. The van der Waals surface area contributed by atoms with E-state index in [2.05, 4.69) is 11.4 Å². The lowest BCUT2D eigenvalue weighted by Crippen LogP contribution is -2.20. The summed E-state index contributed by atoms with van der Waals surface area (Å²) in [4.78, 5) is 6.01. The SMILES string of the molecule is OCC1(c2nc(Cc3cccs3)nn2Cc2ccccc2Cl)CC1. The zero-order valence-corrected chi connectivity index (χ0v) is 14.7. The van der Waals surface area contributed by atoms with Crippen LogP contribution in [0.3, 0.4) is 0 Å². The summed E-state index contributed by atoms with van der Waals surface area (Å²) in [6.07, 6.45) is 2.65. The molecule has 0 aliphatic heterocycles. The van der Waals surface area contributed by atoms with Crippen molar-refractivity contribution in [1.29, 1.82) is 0 Å². The number of thiophene rings is 1. The second-order valence-electron chi connectivity index (χ2n) is 6.30. The minimum atomic E-state index is -0.220. The molecule has 1 aliphatic rings. The van der Waals surface area contributed by atoms with Gasteiger partial charge in [-0.25, -0.2) is 9.67 Å².